The van der Waals surface area contributed by atoms with Gasteiger partial charge in [0.25, 0.3) is 0 Å². The summed E-state index contributed by atoms with van der Waals surface area (Å²) in [4.78, 5) is 4.31. The third-order valence-electron chi connectivity index (χ3n) is 1.72. The van der Waals surface area contributed by atoms with E-state index in [4.69, 9.17) is 0 Å². The second-order valence-electron chi connectivity index (χ2n) is 2.52. The van der Waals surface area contributed by atoms with Crippen LogP contribution in [0.1, 0.15) is 5.56 Å². The molecule has 0 saturated heterocycles. The molecule has 0 bridgehead atoms. The summed E-state index contributed by atoms with van der Waals surface area (Å²) in [5.74, 6) is 1.03. The normalized spacial score (nSPS) is 14.5. The summed E-state index contributed by atoms with van der Waals surface area (Å²) in [6.45, 7) is 1.88. The Balaban J connectivity index is 0.000000720. The summed E-state index contributed by atoms with van der Waals surface area (Å²) in [5, 5.41) is 3.22. The topological polar surface area (TPSA) is 24.4 Å². The fourth-order valence-corrected chi connectivity index (χ4v) is 1.19. The van der Waals surface area contributed by atoms with Crippen LogP contribution in [0.15, 0.2) is 35.3 Å². The molecule has 0 atom stereocenters. The Morgan fingerprint density at radius 3 is 2.50 bits per heavy atom. The number of nitrogens with one attached hydrogen (secondary N) is 1. The monoisotopic (exact) mass is 182 g/mol. The van der Waals surface area contributed by atoms with Crippen molar-refractivity contribution in [3.05, 3.63) is 35.9 Å². The first kappa shape index (κ1) is 9.07. The Morgan fingerprint density at radius 2 is 1.92 bits per heavy atom. The van der Waals surface area contributed by atoms with Gasteiger partial charge in [0.15, 0.2) is 0 Å². The summed E-state index contributed by atoms with van der Waals surface area (Å²) in [7, 11) is 0. The molecule has 2 rings (SSSR count). The van der Waals surface area contributed by atoms with E-state index in [2.05, 4.69) is 22.4 Å². The molecule has 0 radical (unpaired) electrons. The number of amidine groups is 1. The summed E-state index contributed by atoms with van der Waals surface area (Å²) < 4.78 is 0. The minimum absolute atomic E-state index is 0. The van der Waals surface area contributed by atoms with E-state index in [0.717, 1.165) is 18.9 Å². The number of aliphatic imine (C=N–C) groups is 1. The van der Waals surface area contributed by atoms with E-state index < -0.39 is 0 Å². The van der Waals surface area contributed by atoms with Crippen LogP contribution in [0.4, 0.5) is 0 Å². The van der Waals surface area contributed by atoms with Crippen molar-refractivity contribution >= 4 is 18.2 Å². The van der Waals surface area contributed by atoms with E-state index in [1.165, 1.54) is 5.56 Å². The maximum atomic E-state index is 4.31. The number of hydrogen-bond acceptors (Lipinski definition) is 2. The van der Waals surface area contributed by atoms with Crippen molar-refractivity contribution in [1.82, 2.24) is 5.32 Å². The zero-order valence-corrected chi connectivity index (χ0v) is 7.47. The second-order valence-corrected chi connectivity index (χ2v) is 2.52. The molecule has 0 saturated carbocycles. The highest BCUT2D eigenvalue weighted by Crippen LogP contribution is 2.01. The van der Waals surface area contributed by atoms with Crippen LogP contribution in [-0.2, 0) is 0 Å². The molecule has 0 aromatic heterocycles. The zero-order valence-electron chi connectivity index (χ0n) is 6.66. The molecule has 1 heterocycles. The van der Waals surface area contributed by atoms with Crippen LogP contribution in [0.5, 0.6) is 0 Å². The van der Waals surface area contributed by atoms with E-state index in [1.807, 2.05) is 18.2 Å². The predicted octanol–water partition coefficient (Wildman–Crippen LogP) is 1.46. The van der Waals surface area contributed by atoms with Gasteiger partial charge in [-0.25, -0.2) is 0 Å². The molecule has 0 amide bonds. The Kier molecular flexibility index (Phi) is 3.11. The van der Waals surface area contributed by atoms with E-state index in [9.17, 15) is 0 Å². The summed E-state index contributed by atoms with van der Waals surface area (Å²) >= 11 is 0. The van der Waals surface area contributed by atoms with Crippen LogP contribution in [0.3, 0.4) is 0 Å². The minimum atomic E-state index is 0. The van der Waals surface area contributed by atoms with Crippen molar-refractivity contribution in [2.75, 3.05) is 13.1 Å². The van der Waals surface area contributed by atoms with Gasteiger partial charge in [-0.05, 0) is 0 Å². The molecule has 1 aliphatic rings. The van der Waals surface area contributed by atoms with Gasteiger partial charge in [0, 0.05) is 12.1 Å². The molecule has 0 aliphatic carbocycles. The maximum absolute atomic E-state index is 4.31. The molecule has 12 heavy (non-hydrogen) atoms. The van der Waals surface area contributed by atoms with Gasteiger partial charge in [-0.3, -0.25) is 4.99 Å². The third kappa shape index (κ3) is 1.77. The average molecular weight is 183 g/mol. The van der Waals surface area contributed by atoms with Crippen LogP contribution < -0.4 is 5.32 Å². The van der Waals surface area contributed by atoms with Crippen molar-refractivity contribution in [1.29, 1.82) is 0 Å². The van der Waals surface area contributed by atoms with Gasteiger partial charge < -0.3 is 5.32 Å². The van der Waals surface area contributed by atoms with Crippen LogP contribution in [-0.4, -0.2) is 18.9 Å². The highest BCUT2D eigenvalue weighted by Gasteiger charge is 2.05. The first-order valence-electron chi connectivity index (χ1n) is 3.80. The molecular weight excluding hydrogens is 172 g/mol. The average Bonchev–Trinajstić information content (AvgIpc) is 2.58. The van der Waals surface area contributed by atoms with Gasteiger partial charge in [0.05, 0.1) is 6.54 Å². The molecule has 0 fully saturated rings. The largest absolute Gasteiger partial charge is 0.368 e. The number of nitrogens with zero attached hydrogens (tertiary/aromatic N) is 1. The molecule has 2 nitrogen and oxygen atoms in total. The van der Waals surface area contributed by atoms with Gasteiger partial charge in [-0.2, -0.15) is 0 Å². The Bertz CT molecular complexity index is 269. The quantitative estimate of drug-likeness (QED) is 0.699. The third-order valence-corrected chi connectivity index (χ3v) is 1.72. The highest BCUT2D eigenvalue weighted by molar-refractivity contribution is 5.99. The first-order valence-corrected chi connectivity index (χ1v) is 3.80. The van der Waals surface area contributed by atoms with Crippen molar-refractivity contribution in [3.8, 4) is 0 Å². The fourth-order valence-electron chi connectivity index (χ4n) is 1.19. The van der Waals surface area contributed by atoms with Gasteiger partial charge in [0.1, 0.15) is 5.84 Å². The second kappa shape index (κ2) is 4.12. The maximum Gasteiger partial charge on any atom is 0.128 e. The van der Waals surface area contributed by atoms with Gasteiger partial charge in [-0.1, -0.05) is 30.3 Å². The molecule has 64 valence electrons. The van der Waals surface area contributed by atoms with Crippen LogP contribution in [0.2, 0.25) is 0 Å². The standard InChI is InChI=1S/C9H10N2.ClH/c1-2-4-8(5-3-1)9-10-6-7-11-9;/h1-5H,6-7H2,(H,10,11);1H. The SMILES string of the molecule is Cl.c1ccc(C2=NCCN2)cc1. The lowest BCUT2D eigenvalue weighted by Crippen LogP contribution is -2.19. The first-order chi connectivity index (χ1) is 5.47. The molecule has 1 aliphatic heterocycles. The van der Waals surface area contributed by atoms with Crippen LogP contribution >= 0.6 is 12.4 Å². The molecule has 1 aromatic rings. The lowest BCUT2D eigenvalue weighted by Gasteiger charge is -1.99. The Hall–Kier alpha value is -1.02. The number of hydrogen-bond donors (Lipinski definition) is 1. The molecule has 1 aromatic carbocycles. The lowest BCUT2D eigenvalue weighted by molar-refractivity contribution is 0.960. The smallest absolute Gasteiger partial charge is 0.128 e. The van der Waals surface area contributed by atoms with Gasteiger partial charge in [0.2, 0.25) is 0 Å². The number of halogens is 1. The minimum Gasteiger partial charge on any atom is -0.368 e. The summed E-state index contributed by atoms with van der Waals surface area (Å²) in [6.07, 6.45) is 0. The van der Waals surface area contributed by atoms with Crippen LogP contribution in [0.25, 0.3) is 0 Å². The lowest BCUT2D eigenvalue weighted by atomic mass is 10.2. The molecular formula is C9H11ClN2. The molecule has 0 spiro atoms. The number of rotatable bonds is 1. The molecule has 3 heteroatoms. The number of benzene rings is 1. The van der Waals surface area contributed by atoms with Crippen molar-refractivity contribution in [2.24, 2.45) is 4.99 Å². The van der Waals surface area contributed by atoms with E-state index in [-0.39, 0.29) is 12.4 Å². The Labute approximate surface area is 78.1 Å². The van der Waals surface area contributed by atoms with E-state index in [0.29, 0.717) is 0 Å². The summed E-state index contributed by atoms with van der Waals surface area (Å²) in [6, 6.07) is 10.2. The Morgan fingerprint density at radius 1 is 1.17 bits per heavy atom. The van der Waals surface area contributed by atoms with Crippen LogP contribution in [0, 0.1) is 0 Å². The zero-order chi connectivity index (χ0) is 7.52. The van der Waals surface area contributed by atoms with E-state index in [1.54, 1.807) is 0 Å². The highest BCUT2D eigenvalue weighted by atomic mass is 35.5. The van der Waals surface area contributed by atoms with E-state index >= 15 is 0 Å². The molecule has 1 N–H and O–H groups in total. The van der Waals surface area contributed by atoms with Crippen molar-refractivity contribution in [3.63, 3.8) is 0 Å². The van der Waals surface area contributed by atoms with Crippen molar-refractivity contribution in [2.45, 2.75) is 0 Å². The van der Waals surface area contributed by atoms with Gasteiger partial charge in [-0.15, -0.1) is 12.4 Å². The predicted molar refractivity (Wildman–Crippen MR) is 53.1 cm³/mol. The van der Waals surface area contributed by atoms with Crippen molar-refractivity contribution < 1.29 is 0 Å². The van der Waals surface area contributed by atoms with Gasteiger partial charge >= 0.3 is 0 Å². The fraction of sp³-hybridized carbons (Fsp3) is 0.222. The summed E-state index contributed by atoms with van der Waals surface area (Å²) in [5.41, 5.74) is 1.19. The molecule has 0 unspecified atom stereocenters.